The van der Waals surface area contributed by atoms with Crippen LogP contribution in [0.15, 0.2) is 218 Å². The van der Waals surface area contributed by atoms with Crippen molar-refractivity contribution in [3.8, 4) is 0 Å². The Kier molecular flexibility index (Phi) is 11.8. The SMILES string of the molecule is S=C([S-])N(c1cccc2cc3ccccc3cc12)c1cccc2cc3ccccc3cc12.S=C([S-])N(c1cccc2cc3ccccc3cc12)c1cccc2cc3ccccc3cc12.[Mg+2]. The van der Waals surface area contributed by atoms with Crippen LogP contribution in [0, 0.1) is 0 Å². The van der Waals surface area contributed by atoms with Gasteiger partial charge in [-0.05, 0) is 137 Å². The molecule has 0 radical (unpaired) electrons. The average molecular weight is 914 g/mol. The fourth-order valence-corrected chi connectivity index (χ4v) is 10.0. The molecular weight excluding hydrogens is 877 g/mol. The van der Waals surface area contributed by atoms with Crippen LogP contribution in [0.3, 0.4) is 0 Å². The summed E-state index contributed by atoms with van der Waals surface area (Å²) >= 11 is 22.6. The Morgan fingerprint density at radius 1 is 0.262 bits per heavy atom. The number of benzene rings is 12. The second-order valence-electron chi connectivity index (χ2n) is 16.0. The van der Waals surface area contributed by atoms with Crippen molar-refractivity contribution in [1.29, 1.82) is 0 Å². The molecule has 65 heavy (non-hydrogen) atoms. The second-order valence-corrected chi connectivity index (χ2v) is 18.1. The fourth-order valence-electron chi connectivity index (χ4n) is 9.23. The molecule has 0 spiro atoms. The number of hydrogen-bond donors (Lipinski definition) is 0. The maximum Gasteiger partial charge on any atom is 2.00 e. The minimum Gasteiger partial charge on any atom is -0.411 e. The summed E-state index contributed by atoms with van der Waals surface area (Å²) in [4.78, 5) is 4.08. The Morgan fingerprint density at radius 3 is 0.646 bits per heavy atom. The Hall–Kier alpha value is -6.29. The molecule has 12 rings (SSSR count). The number of fused-ring (bicyclic) bond motifs is 8. The van der Waals surface area contributed by atoms with Crippen molar-refractivity contribution in [2.24, 2.45) is 0 Å². The third-order valence-corrected chi connectivity index (χ3v) is 13.0. The maximum atomic E-state index is 5.64. The Labute approximate surface area is 415 Å². The van der Waals surface area contributed by atoms with E-state index in [4.69, 9.17) is 49.7 Å². The fraction of sp³-hybridized carbons (Fsp3) is 0. The maximum absolute atomic E-state index is 5.64. The Bertz CT molecular complexity index is 3360. The molecular formula is C58H36MgN2S4. The van der Waals surface area contributed by atoms with E-state index in [1.165, 1.54) is 64.6 Å². The second kappa shape index (κ2) is 17.9. The van der Waals surface area contributed by atoms with Crippen LogP contribution in [0.2, 0.25) is 0 Å². The molecule has 0 aromatic heterocycles. The summed E-state index contributed by atoms with van der Waals surface area (Å²) in [5.74, 6) is 0. The number of thiocarbonyl (C=S) groups is 2. The average Bonchev–Trinajstić information content (AvgIpc) is 3.32. The van der Waals surface area contributed by atoms with Gasteiger partial charge in [-0.2, -0.15) is 0 Å². The summed E-state index contributed by atoms with van der Waals surface area (Å²) in [7, 11) is 0. The molecule has 0 amide bonds. The van der Waals surface area contributed by atoms with Gasteiger partial charge in [-0.1, -0.05) is 154 Å². The molecule has 12 aromatic carbocycles. The molecule has 12 aromatic rings. The van der Waals surface area contributed by atoms with Crippen LogP contribution in [-0.4, -0.2) is 31.7 Å². The molecule has 0 fully saturated rings. The molecule has 0 heterocycles. The van der Waals surface area contributed by atoms with Gasteiger partial charge in [0.2, 0.25) is 0 Å². The van der Waals surface area contributed by atoms with E-state index in [1.807, 2.05) is 9.80 Å². The number of hydrogen-bond acceptors (Lipinski definition) is 4. The predicted molar refractivity (Wildman–Crippen MR) is 296 cm³/mol. The van der Waals surface area contributed by atoms with Crippen LogP contribution in [0.5, 0.6) is 0 Å². The zero-order valence-electron chi connectivity index (χ0n) is 35.0. The van der Waals surface area contributed by atoms with Crippen molar-refractivity contribution >= 4 is 190 Å². The number of rotatable bonds is 4. The number of anilines is 4. The van der Waals surface area contributed by atoms with E-state index in [0.717, 1.165) is 44.3 Å². The van der Waals surface area contributed by atoms with E-state index in [1.54, 1.807) is 0 Å². The van der Waals surface area contributed by atoms with Crippen molar-refractivity contribution < 1.29 is 0 Å². The third-order valence-electron chi connectivity index (χ3n) is 12.2. The zero-order valence-corrected chi connectivity index (χ0v) is 39.7. The van der Waals surface area contributed by atoms with Crippen LogP contribution < -0.4 is 9.80 Å². The standard InChI is InChI=1S/2C29H19NS2.Mg/c2*31-29(32)30(27-13-5-11-23-15-19-7-1-3-9-21(19)17-25(23)27)28-14-6-12-24-16-20-8-2-4-10-22(20)18-26(24)28;/h2*1-18H,(H,31,32);/q;;+2/p-2. The van der Waals surface area contributed by atoms with Gasteiger partial charge < -0.3 is 59.5 Å². The van der Waals surface area contributed by atoms with Crippen molar-refractivity contribution in [2.75, 3.05) is 9.80 Å². The molecule has 0 N–H and O–H groups in total. The molecule has 0 aliphatic carbocycles. The van der Waals surface area contributed by atoms with Gasteiger partial charge in [0.15, 0.2) is 0 Å². The minimum atomic E-state index is 0. The van der Waals surface area contributed by atoms with Crippen LogP contribution >= 0.6 is 24.4 Å². The van der Waals surface area contributed by atoms with Gasteiger partial charge >= 0.3 is 23.1 Å². The van der Waals surface area contributed by atoms with Crippen LogP contribution in [0.1, 0.15) is 0 Å². The third kappa shape index (κ3) is 7.99. The first-order valence-corrected chi connectivity index (χ1v) is 22.7. The van der Waals surface area contributed by atoms with Gasteiger partial charge in [-0.25, -0.2) is 0 Å². The first kappa shape index (κ1) is 42.6. The van der Waals surface area contributed by atoms with E-state index in [2.05, 4.69) is 218 Å². The molecule has 7 heteroatoms. The van der Waals surface area contributed by atoms with Crippen LogP contribution in [0.4, 0.5) is 22.7 Å². The number of nitrogens with zero attached hydrogens (tertiary/aromatic N) is 2. The first-order chi connectivity index (χ1) is 31.4. The summed E-state index contributed by atoms with van der Waals surface area (Å²) in [6, 6.07) is 76.9. The molecule has 0 saturated carbocycles. The van der Waals surface area contributed by atoms with E-state index in [0.29, 0.717) is 8.64 Å². The van der Waals surface area contributed by atoms with Gasteiger partial charge in [-0.3, -0.25) is 0 Å². The minimum absolute atomic E-state index is 0. The van der Waals surface area contributed by atoms with Crippen LogP contribution in [-0.2, 0) is 25.3 Å². The predicted octanol–water partition coefficient (Wildman–Crippen LogP) is 16.2. The van der Waals surface area contributed by atoms with E-state index >= 15 is 0 Å². The van der Waals surface area contributed by atoms with E-state index in [-0.39, 0.29) is 23.1 Å². The molecule has 0 aliphatic rings. The van der Waals surface area contributed by atoms with Gasteiger partial charge in [0.25, 0.3) is 0 Å². The quantitative estimate of drug-likeness (QED) is 0.0746. The van der Waals surface area contributed by atoms with Crippen molar-refractivity contribution in [3.05, 3.63) is 218 Å². The van der Waals surface area contributed by atoms with Crippen molar-refractivity contribution in [1.82, 2.24) is 0 Å². The molecule has 0 bridgehead atoms. The summed E-state index contributed by atoms with van der Waals surface area (Å²) in [6.07, 6.45) is 0. The summed E-state index contributed by atoms with van der Waals surface area (Å²) in [5, 5.41) is 18.9. The molecule has 0 atom stereocenters. The topological polar surface area (TPSA) is 6.48 Å². The monoisotopic (exact) mass is 912 g/mol. The largest absolute Gasteiger partial charge is 2.00 e. The Balaban J connectivity index is 0.000000151. The molecule has 0 saturated heterocycles. The molecule has 2 nitrogen and oxygen atoms in total. The normalized spacial score (nSPS) is 11.2. The van der Waals surface area contributed by atoms with Gasteiger partial charge in [0, 0.05) is 21.5 Å². The van der Waals surface area contributed by atoms with E-state index in [9.17, 15) is 0 Å². The Morgan fingerprint density at radius 2 is 0.446 bits per heavy atom. The zero-order chi connectivity index (χ0) is 43.3. The molecule has 0 aliphatic heterocycles. The van der Waals surface area contributed by atoms with Gasteiger partial charge in [0.05, 0.1) is 22.7 Å². The first-order valence-electron chi connectivity index (χ1n) is 21.1. The van der Waals surface area contributed by atoms with Gasteiger partial charge in [-0.15, -0.1) is 0 Å². The summed E-state index contributed by atoms with van der Waals surface area (Å²) in [5.41, 5.74) is 4.03. The van der Waals surface area contributed by atoms with Crippen molar-refractivity contribution in [3.63, 3.8) is 0 Å². The molecule has 0 unspecified atom stereocenters. The van der Waals surface area contributed by atoms with Crippen LogP contribution in [0.25, 0.3) is 86.2 Å². The van der Waals surface area contributed by atoms with E-state index < -0.39 is 0 Å². The summed E-state index contributed by atoms with van der Waals surface area (Å²) < 4.78 is 0.817. The summed E-state index contributed by atoms with van der Waals surface area (Å²) in [6.45, 7) is 0. The molecule has 304 valence electrons. The van der Waals surface area contributed by atoms with Gasteiger partial charge in [0.1, 0.15) is 0 Å². The van der Waals surface area contributed by atoms with Crippen molar-refractivity contribution in [2.45, 2.75) is 0 Å². The smallest absolute Gasteiger partial charge is 0.411 e.